The Hall–Kier alpha value is -3.97. The molecule has 174 valence electrons. The van der Waals surface area contributed by atoms with Crippen molar-refractivity contribution in [1.82, 2.24) is 5.16 Å². The van der Waals surface area contributed by atoms with Gasteiger partial charge in [-0.3, -0.25) is 4.79 Å². The summed E-state index contributed by atoms with van der Waals surface area (Å²) >= 11 is 0. The van der Waals surface area contributed by atoms with E-state index in [-0.39, 0.29) is 6.42 Å². The van der Waals surface area contributed by atoms with Gasteiger partial charge in [0.1, 0.15) is 0 Å². The summed E-state index contributed by atoms with van der Waals surface area (Å²) in [5.74, 6) is -0.570. The Bertz CT molecular complexity index is 1410. The number of aryl methyl sites for hydroxylation is 2. The zero-order chi connectivity index (χ0) is 24.5. The van der Waals surface area contributed by atoms with Crippen LogP contribution in [0.15, 0.2) is 76.0 Å². The minimum atomic E-state index is -1.82. The van der Waals surface area contributed by atoms with Crippen LogP contribution >= 0.6 is 0 Å². The molecule has 0 bridgehead atoms. The van der Waals surface area contributed by atoms with Crippen LogP contribution in [0.5, 0.6) is 0 Å². The fraction of sp³-hybridized carbons (Fsp3) is 0.222. The lowest BCUT2D eigenvalue weighted by atomic mass is 9.85. The molecule has 1 unspecified atom stereocenters. The molecule has 34 heavy (non-hydrogen) atoms. The van der Waals surface area contributed by atoms with Gasteiger partial charge in [-0.2, -0.15) is 0 Å². The summed E-state index contributed by atoms with van der Waals surface area (Å²) in [5.41, 5.74) is 1.92. The molecule has 4 rings (SSSR count). The van der Waals surface area contributed by atoms with E-state index in [2.05, 4.69) is 10.5 Å². The van der Waals surface area contributed by atoms with Crippen LogP contribution in [0.4, 0.5) is 11.4 Å². The molecule has 0 saturated carbocycles. The molecule has 4 aromatic rings. The van der Waals surface area contributed by atoms with Crippen molar-refractivity contribution in [3.05, 3.63) is 99.5 Å². The Labute approximate surface area is 197 Å². The van der Waals surface area contributed by atoms with E-state index in [0.29, 0.717) is 27.7 Å². The van der Waals surface area contributed by atoms with Gasteiger partial charge in [0.2, 0.25) is 0 Å². The average molecular weight is 458 g/mol. The summed E-state index contributed by atoms with van der Waals surface area (Å²) in [5, 5.41) is 19.3. The maximum absolute atomic E-state index is 13.6. The highest BCUT2D eigenvalue weighted by Gasteiger charge is 2.38. The predicted octanol–water partition coefficient (Wildman–Crippen LogP) is 3.94. The van der Waals surface area contributed by atoms with E-state index < -0.39 is 17.1 Å². The number of rotatable bonds is 6. The Morgan fingerprint density at radius 2 is 1.76 bits per heavy atom. The van der Waals surface area contributed by atoms with Crippen molar-refractivity contribution < 1.29 is 14.4 Å². The van der Waals surface area contributed by atoms with Gasteiger partial charge >= 0.3 is 5.63 Å². The van der Waals surface area contributed by atoms with Gasteiger partial charge in [0.05, 0.1) is 11.1 Å². The Morgan fingerprint density at radius 1 is 1.03 bits per heavy atom. The van der Waals surface area contributed by atoms with E-state index >= 15 is 0 Å². The third-order valence-corrected chi connectivity index (χ3v) is 5.93. The molecule has 0 fully saturated rings. The molecule has 0 saturated heterocycles. The normalized spacial score (nSPS) is 12.9. The van der Waals surface area contributed by atoms with E-state index in [1.165, 1.54) is 0 Å². The van der Waals surface area contributed by atoms with Crippen molar-refractivity contribution >= 4 is 28.1 Å². The molecule has 1 aromatic heterocycles. The maximum atomic E-state index is 13.6. The summed E-state index contributed by atoms with van der Waals surface area (Å²) in [6.07, 6.45) is 0.0968. The molecular formula is C27H27N3O4. The monoisotopic (exact) mass is 457 g/mol. The molecular weight excluding hydrogens is 430 g/mol. The maximum Gasteiger partial charge on any atom is 0.366 e. The minimum absolute atomic E-state index is 0.0968. The number of anilines is 2. The molecule has 1 amide bonds. The third kappa shape index (κ3) is 4.56. The number of benzene rings is 3. The van der Waals surface area contributed by atoms with Crippen LogP contribution in [0, 0.1) is 13.8 Å². The first-order valence-electron chi connectivity index (χ1n) is 10.9. The van der Waals surface area contributed by atoms with Gasteiger partial charge < -0.3 is 19.8 Å². The number of nitrogens with one attached hydrogen (secondary N) is 1. The SMILES string of the molecule is Cc1cccc(CC(O)(C(=O)Nc2ccc3c(=O)onc(C)c3c2)c2ccc(N(C)C)cc2)c1. The number of aromatic nitrogens is 1. The number of aliphatic hydroxyl groups is 1. The van der Waals surface area contributed by atoms with E-state index in [0.717, 1.165) is 16.8 Å². The smallest absolute Gasteiger partial charge is 0.366 e. The van der Waals surface area contributed by atoms with Crippen LogP contribution in [0.1, 0.15) is 22.4 Å². The van der Waals surface area contributed by atoms with E-state index in [9.17, 15) is 14.7 Å². The van der Waals surface area contributed by atoms with Gasteiger partial charge in [0, 0.05) is 37.3 Å². The molecule has 0 aliphatic carbocycles. The van der Waals surface area contributed by atoms with Crippen LogP contribution < -0.4 is 15.8 Å². The largest absolute Gasteiger partial charge is 0.378 e. The van der Waals surface area contributed by atoms with Crippen molar-refractivity contribution in [2.24, 2.45) is 0 Å². The summed E-state index contributed by atoms with van der Waals surface area (Å²) in [6.45, 7) is 3.69. The van der Waals surface area contributed by atoms with Gasteiger partial charge in [-0.25, -0.2) is 4.79 Å². The van der Waals surface area contributed by atoms with E-state index in [1.807, 2.05) is 62.3 Å². The number of hydrogen-bond acceptors (Lipinski definition) is 6. The summed E-state index contributed by atoms with van der Waals surface area (Å²) < 4.78 is 4.77. The summed E-state index contributed by atoms with van der Waals surface area (Å²) in [7, 11) is 3.86. The number of amides is 1. The zero-order valence-corrected chi connectivity index (χ0v) is 19.6. The van der Waals surface area contributed by atoms with E-state index in [4.69, 9.17) is 4.52 Å². The van der Waals surface area contributed by atoms with Crippen molar-refractivity contribution in [2.75, 3.05) is 24.3 Å². The molecule has 3 aromatic carbocycles. The standard InChI is InChI=1S/C27H27N3O4/c1-17-6-5-7-19(14-17)16-27(33,20-8-11-22(12-9-20)30(3)4)26(32)28-21-10-13-23-24(15-21)18(2)29-34-25(23)31/h5-15,33H,16H2,1-4H3,(H,28,32). The van der Waals surface area contributed by atoms with E-state index in [1.54, 1.807) is 37.3 Å². The molecule has 0 aliphatic heterocycles. The lowest BCUT2D eigenvalue weighted by molar-refractivity contribution is -0.135. The van der Waals surface area contributed by atoms with Crippen LogP contribution in [0.25, 0.3) is 10.8 Å². The minimum Gasteiger partial charge on any atom is -0.378 e. The third-order valence-electron chi connectivity index (χ3n) is 5.93. The fourth-order valence-electron chi connectivity index (χ4n) is 4.01. The molecule has 1 atom stereocenters. The van der Waals surface area contributed by atoms with Gasteiger partial charge in [0.15, 0.2) is 5.60 Å². The van der Waals surface area contributed by atoms with Crippen molar-refractivity contribution in [2.45, 2.75) is 25.9 Å². The highest BCUT2D eigenvalue weighted by atomic mass is 16.5. The first-order valence-corrected chi connectivity index (χ1v) is 10.9. The Morgan fingerprint density at radius 3 is 2.44 bits per heavy atom. The highest BCUT2D eigenvalue weighted by molar-refractivity contribution is 6.00. The predicted molar refractivity (Wildman–Crippen MR) is 133 cm³/mol. The molecule has 0 aliphatic rings. The molecule has 0 radical (unpaired) electrons. The molecule has 1 heterocycles. The van der Waals surface area contributed by atoms with Gasteiger partial charge in [0.25, 0.3) is 5.91 Å². The van der Waals surface area contributed by atoms with Gasteiger partial charge in [-0.15, -0.1) is 0 Å². The van der Waals surface area contributed by atoms with Crippen LogP contribution in [-0.4, -0.2) is 30.3 Å². The second-order valence-electron chi connectivity index (χ2n) is 8.74. The van der Waals surface area contributed by atoms with Crippen LogP contribution in [0.2, 0.25) is 0 Å². The Balaban J connectivity index is 1.73. The highest BCUT2D eigenvalue weighted by Crippen LogP contribution is 2.30. The molecule has 7 heteroatoms. The fourth-order valence-corrected chi connectivity index (χ4v) is 4.01. The topological polar surface area (TPSA) is 95.7 Å². The first kappa shape index (κ1) is 23.2. The molecule has 2 N–H and O–H groups in total. The zero-order valence-electron chi connectivity index (χ0n) is 19.6. The van der Waals surface area contributed by atoms with Crippen molar-refractivity contribution in [3.8, 4) is 0 Å². The van der Waals surface area contributed by atoms with Crippen molar-refractivity contribution in [1.29, 1.82) is 0 Å². The lowest BCUT2D eigenvalue weighted by Gasteiger charge is -2.28. The number of fused-ring (bicyclic) bond motifs is 1. The van der Waals surface area contributed by atoms with Gasteiger partial charge in [-0.05, 0) is 55.3 Å². The van der Waals surface area contributed by atoms with Crippen LogP contribution in [0.3, 0.4) is 0 Å². The molecule has 0 spiro atoms. The first-order chi connectivity index (χ1) is 16.2. The average Bonchev–Trinajstić information content (AvgIpc) is 2.81. The van der Waals surface area contributed by atoms with Crippen LogP contribution in [-0.2, 0) is 16.8 Å². The lowest BCUT2D eigenvalue weighted by Crippen LogP contribution is -2.42. The second-order valence-corrected chi connectivity index (χ2v) is 8.74. The van der Waals surface area contributed by atoms with Crippen molar-refractivity contribution in [3.63, 3.8) is 0 Å². The number of carbonyl (C=O) groups is 1. The second kappa shape index (κ2) is 9.11. The summed E-state index contributed by atoms with van der Waals surface area (Å²) in [4.78, 5) is 27.5. The quantitative estimate of drug-likeness (QED) is 0.455. The summed E-state index contributed by atoms with van der Waals surface area (Å²) in [6, 6.07) is 19.8. The molecule has 7 nitrogen and oxygen atoms in total. The van der Waals surface area contributed by atoms with Gasteiger partial charge in [-0.1, -0.05) is 47.1 Å². The Kier molecular flexibility index (Phi) is 6.22. The number of nitrogens with zero attached hydrogens (tertiary/aromatic N) is 2. The number of carbonyl (C=O) groups excluding carboxylic acids is 1. The number of hydrogen-bond donors (Lipinski definition) is 2.